The van der Waals surface area contributed by atoms with Gasteiger partial charge in [0.2, 0.25) is 0 Å². The molecule has 0 aliphatic carbocycles. The predicted octanol–water partition coefficient (Wildman–Crippen LogP) is 6.18. The first-order valence-electron chi connectivity index (χ1n) is 10.2. The number of aryl methyl sites for hydroxylation is 2. The van der Waals surface area contributed by atoms with Crippen molar-refractivity contribution >= 4 is 39.5 Å². The van der Waals surface area contributed by atoms with Crippen LogP contribution in [0.2, 0.25) is 5.02 Å². The number of benzene rings is 2. The van der Waals surface area contributed by atoms with Crippen LogP contribution in [-0.2, 0) is 11.4 Å². The van der Waals surface area contributed by atoms with E-state index in [1.165, 1.54) is 6.08 Å². The Balaban J connectivity index is 1.87. The van der Waals surface area contributed by atoms with Crippen molar-refractivity contribution in [3.8, 4) is 17.6 Å². The number of hydrogen-bond donors (Lipinski definition) is 1. The summed E-state index contributed by atoms with van der Waals surface area (Å²) in [6.45, 7) is 6.28. The maximum Gasteiger partial charge on any atom is 0.280 e. The monoisotopic (exact) mass is 527 g/mol. The minimum Gasteiger partial charge on any atom is -0.490 e. The van der Waals surface area contributed by atoms with Gasteiger partial charge >= 0.3 is 0 Å². The highest BCUT2D eigenvalue weighted by Crippen LogP contribution is 2.38. The zero-order valence-corrected chi connectivity index (χ0v) is 20.8. The van der Waals surface area contributed by atoms with E-state index in [1.807, 2.05) is 57.2 Å². The minimum atomic E-state index is -0.506. The number of nitrogens with one attached hydrogen (secondary N) is 1. The molecule has 0 fully saturated rings. The average Bonchev–Trinajstić information content (AvgIpc) is 3.10. The number of nitriles is 1. The van der Waals surface area contributed by atoms with Gasteiger partial charge in [0.1, 0.15) is 18.2 Å². The molecule has 0 aliphatic rings. The first-order chi connectivity index (χ1) is 15.8. The molecule has 0 bridgehead atoms. The topological polar surface area (TPSA) is 76.3 Å². The first-order valence-corrected chi connectivity index (χ1v) is 11.4. The smallest absolute Gasteiger partial charge is 0.280 e. The van der Waals surface area contributed by atoms with Gasteiger partial charge in [-0.1, -0.05) is 29.8 Å². The summed E-state index contributed by atoms with van der Waals surface area (Å²) in [5.41, 5.74) is 5.89. The Bertz CT molecular complexity index is 1220. The number of carbonyl (C=O) groups is 1. The van der Waals surface area contributed by atoms with Crippen LogP contribution in [0.15, 0.2) is 58.6 Å². The number of aromatic nitrogens is 1. The SMILES string of the molecule is CCOc1cc(/C=C(/C#N)C(=O)Nn2c(C)ccc2C)cc(Br)c1OCc1ccccc1Cl. The molecule has 6 nitrogen and oxygen atoms in total. The van der Waals surface area contributed by atoms with Gasteiger partial charge in [0, 0.05) is 22.0 Å². The van der Waals surface area contributed by atoms with Crippen LogP contribution in [0, 0.1) is 25.2 Å². The summed E-state index contributed by atoms with van der Waals surface area (Å²) in [5.74, 6) is 0.489. The van der Waals surface area contributed by atoms with E-state index in [4.69, 9.17) is 21.1 Å². The van der Waals surface area contributed by atoms with Crippen LogP contribution in [0.3, 0.4) is 0 Å². The van der Waals surface area contributed by atoms with Gasteiger partial charge in [0.15, 0.2) is 11.5 Å². The van der Waals surface area contributed by atoms with Crippen molar-refractivity contribution in [3.05, 3.63) is 86.1 Å². The molecule has 33 heavy (non-hydrogen) atoms. The van der Waals surface area contributed by atoms with Gasteiger partial charge in [-0.3, -0.25) is 14.9 Å². The molecule has 1 heterocycles. The molecule has 0 spiro atoms. The Labute approximate surface area is 206 Å². The van der Waals surface area contributed by atoms with E-state index in [0.717, 1.165) is 17.0 Å². The van der Waals surface area contributed by atoms with Crippen molar-refractivity contribution in [2.75, 3.05) is 12.0 Å². The zero-order chi connectivity index (χ0) is 24.0. The largest absolute Gasteiger partial charge is 0.490 e. The molecule has 0 atom stereocenters. The first kappa shape index (κ1) is 24.4. The normalized spacial score (nSPS) is 11.1. The van der Waals surface area contributed by atoms with E-state index >= 15 is 0 Å². The molecule has 170 valence electrons. The maximum atomic E-state index is 12.7. The fraction of sp³-hybridized carbons (Fsp3) is 0.200. The van der Waals surface area contributed by atoms with Crippen molar-refractivity contribution in [2.45, 2.75) is 27.4 Å². The Morgan fingerprint density at radius 2 is 1.88 bits per heavy atom. The van der Waals surface area contributed by atoms with Crippen molar-refractivity contribution in [1.82, 2.24) is 4.68 Å². The fourth-order valence-corrected chi connectivity index (χ4v) is 3.93. The van der Waals surface area contributed by atoms with Gasteiger partial charge in [0.25, 0.3) is 5.91 Å². The summed E-state index contributed by atoms with van der Waals surface area (Å²) in [7, 11) is 0. The molecule has 3 aromatic rings. The molecule has 0 saturated carbocycles. The van der Waals surface area contributed by atoms with Crippen LogP contribution < -0.4 is 14.9 Å². The molecule has 0 saturated heterocycles. The van der Waals surface area contributed by atoms with Crippen molar-refractivity contribution in [2.24, 2.45) is 0 Å². The summed E-state index contributed by atoms with van der Waals surface area (Å²) < 4.78 is 14.0. The number of carbonyl (C=O) groups excluding carboxylic acids is 1. The van der Waals surface area contributed by atoms with Crippen LogP contribution in [0.4, 0.5) is 0 Å². The Morgan fingerprint density at radius 1 is 1.18 bits per heavy atom. The summed E-state index contributed by atoms with van der Waals surface area (Å²) in [6.07, 6.45) is 1.51. The fourth-order valence-electron chi connectivity index (χ4n) is 3.16. The van der Waals surface area contributed by atoms with E-state index in [9.17, 15) is 10.1 Å². The van der Waals surface area contributed by atoms with Gasteiger partial charge in [-0.15, -0.1) is 0 Å². The number of nitrogens with zero attached hydrogens (tertiary/aromatic N) is 2. The van der Waals surface area contributed by atoms with E-state index in [1.54, 1.807) is 22.9 Å². The van der Waals surface area contributed by atoms with Crippen LogP contribution in [-0.4, -0.2) is 17.2 Å². The summed E-state index contributed by atoms with van der Waals surface area (Å²) in [5, 5.41) is 10.2. The van der Waals surface area contributed by atoms with Crippen LogP contribution in [0.25, 0.3) is 6.08 Å². The molecular formula is C25H23BrClN3O3. The summed E-state index contributed by atoms with van der Waals surface area (Å²) in [4.78, 5) is 12.7. The lowest BCUT2D eigenvalue weighted by Crippen LogP contribution is -2.25. The number of ether oxygens (including phenoxy) is 2. The highest BCUT2D eigenvalue weighted by atomic mass is 79.9. The molecular weight excluding hydrogens is 506 g/mol. The molecule has 8 heteroatoms. The number of rotatable bonds is 8. The average molecular weight is 529 g/mol. The molecule has 3 rings (SSSR count). The molecule has 2 aromatic carbocycles. The number of hydrogen-bond acceptors (Lipinski definition) is 4. The van der Waals surface area contributed by atoms with Crippen molar-refractivity contribution in [3.63, 3.8) is 0 Å². The number of halogens is 2. The Hall–Kier alpha value is -3.21. The lowest BCUT2D eigenvalue weighted by Gasteiger charge is -2.15. The summed E-state index contributed by atoms with van der Waals surface area (Å²) in [6, 6.07) is 16.7. The molecule has 0 radical (unpaired) electrons. The highest BCUT2D eigenvalue weighted by molar-refractivity contribution is 9.10. The van der Waals surface area contributed by atoms with E-state index in [2.05, 4.69) is 21.4 Å². The summed E-state index contributed by atoms with van der Waals surface area (Å²) >= 11 is 9.75. The third kappa shape index (κ3) is 5.98. The molecule has 1 amide bonds. The molecule has 1 aromatic heterocycles. The molecule has 0 unspecified atom stereocenters. The Kier molecular flexibility index (Phi) is 8.21. The van der Waals surface area contributed by atoms with Crippen LogP contribution in [0.1, 0.15) is 29.4 Å². The molecule has 0 aliphatic heterocycles. The van der Waals surface area contributed by atoms with Gasteiger partial charge in [-0.2, -0.15) is 5.26 Å². The Morgan fingerprint density at radius 3 is 2.52 bits per heavy atom. The van der Waals surface area contributed by atoms with Crippen molar-refractivity contribution < 1.29 is 14.3 Å². The second kappa shape index (κ2) is 11.1. The van der Waals surface area contributed by atoms with E-state index in [0.29, 0.717) is 33.2 Å². The van der Waals surface area contributed by atoms with Gasteiger partial charge in [0.05, 0.1) is 11.1 Å². The zero-order valence-electron chi connectivity index (χ0n) is 18.5. The van der Waals surface area contributed by atoms with Gasteiger partial charge in [-0.25, -0.2) is 0 Å². The van der Waals surface area contributed by atoms with Crippen LogP contribution >= 0.6 is 27.5 Å². The third-order valence-electron chi connectivity index (χ3n) is 4.82. The quantitative estimate of drug-likeness (QED) is 0.280. The highest BCUT2D eigenvalue weighted by Gasteiger charge is 2.16. The van der Waals surface area contributed by atoms with E-state index < -0.39 is 5.91 Å². The standard InChI is InChI=1S/C25H23BrClN3O3/c1-4-32-23-13-18(11-20(14-28)25(31)29-30-16(2)9-10-17(30)3)12-21(26)24(23)33-15-19-7-5-6-8-22(19)27/h5-13H,4,15H2,1-3H3,(H,29,31)/b20-11-. The van der Waals surface area contributed by atoms with E-state index in [-0.39, 0.29) is 12.2 Å². The van der Waals surface area contributed by atoms with Crippen molar-refractivity contribution in [1.29, 1.82) is 5.26 Å². The third-order valence-corrected chi connectivity index (χ3v) is 5.78. The maximum absolute atomic E-state index is 12.7. The second-order valence-electron chi connectivity index (χ2n) is 7.21. The predicted molar refractivity (Wildman–Crippen MR) is 133 cm³/mol. The minimum absolute atomic E-state index is 0.0402. The molecule has 1 N–H and O–H groups in total. The second-order valence-corrected chi connectivity index (χ2v) is 8.47. The van der Waals surface area contributed by atoms with Gasteiger partial charge in [-0.05, 0) is 78.7 Å². The lowest BCUT2D eigenvalue weighted by atomic mass is 10.1. The number of amides is 1. The lowest BCUT2D eigenvalue weighted by molar-refractivity contribution is -0.113. The van der Waals surface area contributed by atoms with Crippen LogP contribution in [0.5, 0.6) is 11.5 Å². The van der Waals surface area contributed by atoms with Gasteiger partial charge < -0.3 is 9.47 Å².